The van der Waals surface area contributed by atoms with Crippen molar-refractivity contribution >= 4 is 27.8 Å². The van der Waals surface area contributed by atoms with E-state index in [-0.39, 0.29) is 5.69 Å². The van der Waals surface area contributed by atoms with Crippen molar-refractivity contribution in [1.82, 2.24) is 19.4 Å². The lowest BCUT2D eigenvalue weighted by atomic mass is 10.1. The van der Waals surface area contributed by atoms with Crippen LogP contribution in [0.3, 0.4) is 0 Å². The molecule has 2 aromatic carbocycles. The van der Waals surface area contributed by atoms with Crippen LogP contribution in [0.5, 0.6) is 5.75 Å². The SMILES string of the molecule is COc1cc(Cn2c(=O)[nH]c3c(N)nc4ccccc4c32)ccc1CN1CCCC1. The fourth-order valence-corrected chi connectivity index (χ4v) is 4.43. The van der Waals surface area contributed by atoms with E-state index >= 15 is 0 Å². The van der Waals surface area contributed by atoms with Gasteiger partial charge in [-0.05, 0) is 43.6 Å². The fourth-order valence-electron chi connectivity index (χ4n) is 4.43. The van der Waals surface area contributed by atoms with Gasteiger partial charge in [0.15, 0.2) is 0 Å². The molecule has 0 saturated carbocycles. The molecule has 5 rings (SSSR count). The number of aromatic nitrogens is 3. The Balaban J connectivity index is 1.55. The summed E-state index contributed by atoms with van der Waals surface area (Å²) in [5.74, 6) is 1.19. The summed E-state index contributed by atoms with van der Waals surface area (Å²) in [6.45, 7) is 3.59. The number of H-pyrrole nitrogens is 1. The van der Waals surface area contributed by atoms with E-state index in [9.17, 15) is 4.79 Å². The van der Waals surface area contributed by atoms with Crippen LogP contribution in [0.4, 0.5) is 5.82 Å². The average molecular weight is 403 g/mol. The summed E-state index contributed by atoms with van der Waals surface area (Å²) in [5, 5.41) is 0.901. The number of nitrogens with zero attached hydrogens (tertiary/aromatic N) is 3. The van der Waals surface area contributed by atoms with Crippen molar-refractivity contribution in [3.05, 3.63) is 64.1 Å². The van der Waals surface area contributed by atoms with Gasteiger partial charge in [-0.25, -0.2) is 9.78 Å². The van der Waals surface area contributed by atoms with E-state index in [0.29, 0.717) is 17.9 Å². The van der Waals surface area contributed by atoms with E-state index in [1.807, 2.05) is 30.3 Å². The molecule has 1 aliphatic rings. The largest absolute Gasteiger partial charge is 0.496 e. The predicted molar refractivity (Wildman–Crippen MR) is 119 cm³/mol. The van der Waals surface area contributed by atoms with E-state index < -0.39 is 0 Å². The third kappa shape index (κ3) is 3.21. The zero-order valence-electron chi connectivity index (χ0n) is 17.0. The summed E-state index contributed by atoms with van der Waals surface area (Å²) in [7, 11) is 1.70. The van der Waals surface area contributed by atoms with Crippen molar-refractivity contribution in [2.75, 3.05) is 25.9 Å². The second kappa shape index (κ2) is 7.50. The molecule has 1 fully saturated rings. The molecular weight excluding hydrogens is 378 g/mol. The number of nitrogens with one attached hydrogen (secondary N) is 1. The maximum atomic E-state index is 12.8. The Morgan fingerprint density at radius 2 is 1.93 bits per heavy atom. The molecular formula is C23H25N5O2. The maximum Gasteiger partial charge on any atom is 0.326 e. The number of nitrogen functional groups attached to an aromatic ring is 1. The topological polar surface area (TPSA) is 89.2 Å². The maximum absolute atomic E-state index is 12.8. The number of anilines is 1. The minimum atomic E-state index is -0.199. The zero-order chi connectivity index (χ0) is 20.7. The molecule has 4 aromatic rings. The highest BCUT2D eigenvalue weighted by Crippen LogP contribution is 2.28. The highest BCUT2D eigenvalue weighted by molar-refractivity contribution is 6.06. The van der Waals surface area contributed by atoms with E-state index in [4.69, 9.17) is 10.5 Å². The van der Waals surface area contributed by atoms with Crippen LogP contribution in [0.1, 0.15) is 24.0 Å². The third-order valence-corrected chi connectivity index (χ3v) is 5.92. The molecule has 0 bridgehead atoms. The van der Waals surface area contributed by atoms with Gasteiger partial charge in [0.25, 0.3) is 0 Å². The molecule has 1 saturated heterocycles. The lowest BCUT2D eigenvalue weighted by Gasteiger charge is -2.17. The summed E-state index contributed by atoms with van der Waals surface area (Å²) in [6, 6.07) is 13.9. The van der Waals surface area contributed by atoms with Crippen LogP contribution in [0.15, 0.2) is 47.3 Å². The van der Waals surface area contributed by atoms with Crippen molar-refractivity contribution in [3.63, 3.8) is 0 Å². The number of hydrogen-bond acceptors (Lipinski definition) is 5. The number of ether oxygens (including phenoxy) is 1. The Bertz CT molecular complexity index is 1280. The summed E-state index contributed by atoms with van der Waals surface area (Å²) < 4.78 is 7.40. The van der Waals surface area contributed by atoms with Crippen molar-refractivity contribution < 1.29 is 4.74 Å². The Kier molecular flexibility index (Phi) is 4.67. The van der Waals surface area contributed by atoms with E-state index in [1.165, 1.54) is 18.4 Å². The molecule has 3 N–H and O–H groups in total. The molecule has 7 nitrogen and oxygen atoms in total. The van der Waals surface area contributed by atoms with Gasteiger partial charge in [-0.1, -0.05) is 30.3 Å². The van der Waals surface area contributed by atoms with Crippen LogP contribution in [0, 0.1) is 0 Å². The number of imidazole rings is 1. The van der Waals surface area contributed by atoms with Gasteiger partial charge in [-0.2, -0.15) is 0 Å². The van der Waals surface area contributed by atoms with Gasteiger partial charge in [0, 0.05) is 17.5 Å². The number of rotatable bonds is 5. The van der Waals surface area contributed by atoms with Crippen LogP contribution in [0.2, 0.25) is 0 Å². The molecule has 0 amide bonds. The highest BCUT2D eigenvalue weighted by atomic mass is 16.5. The van der Waals surface area contributed by atoms with Gasteiger partial charge >= 0.3 is 5.69 Å². The second-order valence-corrected chi connectivity index (χ2v) is 7.88. The van der Waals surface area contributed by atoms with Gasteiger partial charge in [-0.15, -0.1) is 0 Å². The number of hydrogen-bond donors (Lipinski definition) is 2. The fraction of sp³-hybridized carbons (Fsp3) is 0.304. The standard InChI is InChI=1S/C23H25N5O2/c1-30-19-12-15(8-9-16(19)14-27-10-4-5-11-27)13-28-21-17-6-2-3-7-18(17)25-22(24)20(21)26-23(28)29/h2-3,6-9,12H,4-5,10-11,13-14H2,1H3,(H2,24,25)(H,26,29). The van der Waals surface area contributed by atoms with E-state index in [2.05, 4.69) is 27.0 Å². The van der Waals surface area contributed by atoms with Crippen molar-refractivity contribution in [1.29, 1.82) is 0 Å². The first kappa shape index (κ1) is 18.7. The van der Waals surface area contributed by atoms with Gasteiger partial charge in [0.05, 0.1) is 24.7 Å². The lowest BCUT2D eigenvalue weighted by molar-refractivity contribution is 0.321. The van der Waals surface area contributed by atoms with Crippen molar-refractivity contribution in [2.24, 2.45) is 0 Å². The summed E-state index contributed by atoms with van der Waals surface area (Å²) in [4.78, 5) is 22.5. The molecule has 1 aliphatic heterocycles. The molecule has 0 unspecified atom stereocenters. The van der Waals surface area contributed by atoms with E-state index in [0.717, 1.165) is 47.4 Å². The van der Waals surface area contributed by atoms with Crippen molar-refractivity contribution in [3.8, 4) is 5.75 Å². The Hall–Kier alpha value is -3.32. The number of para-hydroxylation sites is 1. The van der Waals surface area contributed by atoms with Crippen LogP contribution in [-0.4, -0.2) is 39.6 Å². The number of benzene rings is 2. The smallest absolute Gasteiger partial charge is 0.326 e. The number of likely N-dealkylation sites (tertiary alicyclic amines) is 1. The molecule has 0 spiro atoms. The number of methoxy groups -OCH3 is 1. The molecule has 0 aliphatic carbocycles. The quantitative estimate of drug-likeness (QED) is 0.534. The van der Waals surface area contributed by atoms with Crippen LogP contribution >= 0.6 is 0 Å². The predicted octanol–water partition coefficient (Wildman–Crippen LogP) is 3.11. The van der Waals surface area contributed by atoms with Gasteiger partial charge in [0.1, 0.15) is 17.1 Å². The Labute approximate surface area is 174 Å². The van der Waals surface area contributed by atoms with Crippen molar-refractivity contribution in [2.45, 2.75) is 25.9 Å². The Morgan fingerprint density at radius 3 is 2.73 bits per heavy atom. The molecule has 2 aromatic heterocycles. The zero-order valence-corrected chi connectivity index (χ0v) is 17.0. The lowest BCUT2D eigenvalue weighted by Crippen LogP contribution is -2.19. The van der Waals surface area contributed by atoms with Crippen LogP contribution in [-0.2, 0) is 13.1 Å². The molecule has 30 heavy (non-hydrogen) atoms. The first-order valence-corrected chi connectivity index (χ1v) is 10.3. The Morgan fingerprint density at radius 1 is 1.13 bits per heavy atom. The first-order chi connectivity index (χ1) is 14.6. The number of nitrogens with two attached hydrogens (primary N) is 1. The summed E-state index contributed by atoms with van der Waals surface area (Å²) in [6.07, 6.45) is 2.52. The highest BCUT2D eigenvalue weighted by Gasteiger charge is 2.17. The number of pyridine rings is 1. The van der Waals surface area contributed by atoms with Gasteiger partial charge < -0.3 is 15.5 Å². The van der Waals surface area contributed by atoms with Crippen LogP contribution < -0.4 is 16.2 Å². The summed E-state index contributed by atoms with van der Waals surface area (Å²) >= 11 is 0. The molecule has 0 atom stereocenters. The van der Waals surface area contributed by atoms with Gasteiger partial charge in [0.2, 0.25) is 0 Å². The van der Waals surface area contributed by atoms with Gasteiger partial charge in [-0.3, -0.25) is 9.47 Å². The molecule has 154 valence electrons. The monoisotopic (exact) mass is 403 g/mol. The molecule has 0 radical (unpaired) electrons. The normalized spacial score (nSPS) is 14.7. The number of fused-ring (bicyclic) bond motifs is 3. The van der Waals surface area contributed by atoms with Crippen LogP contribution in [0.25, 0.3) is 21.9 Å². The van der Waals surface area contributed by atoms with E-state index in [1.54, 1.807) is 11.7 Å². The minimum absolute atomic E-state index is 0.199. The average Bonchev–Trinajstić information content (AvgIpc) is 3.38. The summed E-state index contributed by atoms with van der Waals surface area (Å²) in [5.41, 5.74) is 10.2. The minimum Gasteiger partial charge on any atom is -0.496 e. The molecule has 3 heterocycles. The third-order valence-electron chi connectivity index (χ3n) is 5.92. The molecule has 7 heteroatoms. The second-order valence-electron chi connectivity index (χ2n) is 7.88. The first-order valence-electron chi connectivity index (χ1n) is 10.3. The number of aromatic amines is 1.